The van der Waals surface area contributed by atoms with E-state index in [2.05, 4.69) is 15.6 Å². The molecule has 1 aromatic carbocycles. The fraction of sp³-hybridized carbons (Fsp3) is 0.167. The highest BCUT2D eigenvalue weighted by Crippen LogP contribution is 2.13. The molecule has 0 unspecified atom stereocenters. The van der Waals surface area contributed by atoms with Crippen LogP contribution in [-0.2, 0) is 0 Å². The van der Waals surface area contributed by atoms with Crippen molar-refractivity contribution in [3.63, 3.8) is 0 Å². The van der Waals surface area contributed by atoms with Gasteiger partial charge in [0.25, 0.3) is 0 Å². The van der Waals surface area contributed by atoms with E-state index in [0.29, 0.717) is 10.7 Å². The molecule has 0 fully saturated rings. The van der Waals surface area contributed by atoms with E-state index >= 15 is 0 Å². The minimum absolute atomic E-state index is 0.0306. The molecule has 2 amide bonds. The lowest BCUT2D eigenvalue weighted by atomic mass is 10.1. The second-order valence-electron chi connectivity index (χ2n) is 3.74. The molecule has 0 saturated heterocycles. The quantitative estimate of drug-likeness (QED) is 0.803. The molecule has 1 atom stereocenters. The Balaban J connectivity index is 1.81. The van der Waals surface area contributed by atoms with Crippen LogP contribution in [0, 0.1) is 5.82 Å². The Kier molecular flexibility index (Phi) is 4.43. The summed E-state index contributed by atoms with van der Waals surface area (Å²) in [5.41, 5.74) is 0.538. The highest BCUT2D eigenvalue weighted by atomic mass is 32.1. The zero-order valence-corrected chi connectivity index (χ0v) is 10.7. The van der Waals surface area contributed by atoms with E-state index in [9.17, 15) is 14.3 Å². The Morgan fingerprint density at radius 2 is 2.16 bits per heavy atom. The molecule has 0 radical (unpaired) electrons. The number of benzene rings is 1. The number of nitrogens with zero attached hydrogens (tertiary/aromatic N) is 1. The minimum atomic E-state index is -0.886. The Labute approximate surface area is 113 Å². The van der Waals surface area contributed by atoms with E-state index in [1.807, 2.05) is 0 Å². The molecule has 3 N–H and O–H groups in total. The van der Waals surface area contributed by atoms with Gasteiger partial charge in [0.1, 0.15) is 5.82 Å². The summed E-state index contributed by atoms with van der Waals surface area (Å²) in [5, 5.41) is 17.1. The minimum Gasteiger partial charge on any atom is -0.387 e. The number of anilines is 1. The average molecular weight is 281 g/mol. The number of aliphatic hydroxyl groups is 1. The normalized spacial score (nSPS) is 11.9. The fourth-order valence-corrected chi connectivity index (χ4v) is 1.94. The lowest BCUT2D eigenvalue weighted by Gasteiger charge is -2.12. The zero-order valence-electron chi connectivity index (χ0n) is 9.84. The molecule has 0 saturated carbocycles. The van der Waals surface area contributed by atoms with Gasteiger partial charge in [-0.2, -0.15) is 0 Å². The van der Waals surface area contributed by atoms with Crippen molar-refractivity contribution in [1.29, 1.82) is 0 Å². The van der Waals surface area contributed by atoms with Gasteiger partial charge in [0, 0.05) is 18.1 Å². The number of hydrogen-bond donors (Lipinski definition) is 3. The van der Waals surface area contributed by atoms with Crippen LogP contribution in [0.4, 0.5) is 14.3 Å². The number of hydrogen-bond acceptors (Lipinski definition) is 4. The molecule has 5 nitrogen and oxygen atoms in total. The third kappa shape index (κ3) is 4.01. The van der Waals surface area contributed by atoms with Crippen molar-refractivity contribution < 1.29 is 14.3 Å². The molecule has 0 bridgehead atoms. The van der Waals surface area contributed by atoms with Gasteiger partial charge in [0.05, 0.1) is 6.10 Å². The molecule has 7 heteroatoms. The number of halogens is 1. The summed E-state index contributed by atoms with van der Waals surface area (Å²) in [6.07, 6.45) is 0.691. The molecule has 2 aromatic rings. The fourth-order valence-electron chi connectivity index (χ4n) is 1.42. The Morgan fingerprint density at radius 1 is 1.42 bits per heavy atom. The Hall–Kier alpha value is -1.99. The van der Waals surface area contributed by atoms with E-state index < -0.39 is 12.1 Å². The molecule has 19 heavy (non-hydrogen) atoms. The standard InChI is InChI=1S/C12H12FN3O2S/c13-9-3-1-8(2-4-9)10(17)7-15-11(18)16-12-14-5-6-19-12/h1-6,10,17H,7H2,(H2,14,15,16,18)/t10-/m1/s1. The van der Waals surface area contributed by atoms with Crippen molar-refractivity contribution in [2.75, 3.05) is 11.9 Å². The number of aliphatic hydroxyl groups excluding tert-OH is 1. The zero-order chi connectivity index (χ0) is 13.7. The van der Waals surface area contributed by atoms with Gasteiger partial charge in [-0.1, -0.05) is 12.1 Å². The number of nitrogens with one attached hydrogen (secondary N) is 2. The number of rotatable bonds is 4. The highest BCUT2D eigenvalue weighted by molar-refractivity contribution is 7.13. The van der Waals surface area contributed by atoms with Crippen LogP contribution in [0.15, 0.2) is 35.8 Å². The molecule has 2 rings (SSSR count). The summed E-state index contributed by atoms with van der Waals surface area (Å²) in [7, 11) is 0. The maximum absolute atomic E-state index is 12.7. The third-order valence-electron chi connectivity index (χ3n) is 2.36. The van der Waals surface area contributed by atoms with Gasteiger partial charge in [-0.3, -0.25) is 5.32 Å². The number of thiazole rings is 1. The van der Waals surface area contributed by atoms with Crippen LogP contribution in [0.5, 0.6) is 0 Å². The van der Waals surface area contributed by atoms with Crippen LogP contribution in [-0.4, -0.2) is 22.7 Å². The van der Waals surface area contributed by atoms with Gasteiger partial charge in [-0.25, -0.2) is 14.2 Å². The average Bonchev–Trinajstić information content (AvgIpc) is 2.89. The lowest BCUT2D eigenvalue weighted by Crippen LogP contribution is -2.32. The van der Waals surface area contributed by atoms with Crippen LogP contribution in [0.1, 0.15) is 11.7 Å². The van der Waals surface area contributed by atoms with Gasteiger partial charge in [-0.05, 0) is 17.7 Å². The van der Waals surface area contributed by atoms with Crippen LogP contribution < -0.4 is 10.6 Å². The Bertz CT molecular complexity index is 530. The maximum atomic E-state index is 12.7. The van der Waals surface area contributed by atoms with Crippen LogP contribution in [0.3, 0.4) is 0 Å². The second-order valence-corrected chi connectivity index (χ2v) is 4.63. The molecule has 1 aromatic heterocycles. The van der Waals surface area contributed by atoms with Crippen molar-refractivity contribution in [2.45, 2.75) is 6.10 Å². The van der Waals surface area contributed by atoms with Crippen LogP contribution >= 0.6 is 11.3 Å². The summed E-state index contributed by atoms with van der Waals surface area (Å²) in [6.45, 7) is 0.0306. The van der Waals surface area contributed by atoms with Gasteiger partial charge in [0.2, 0.25) is 0 Å². The summed E-state index contributed by atoms with van der Waals surface area (Å²) in [6, 6.07) is 5.01. The van der Waals surface area contributed by atoms with Crippen molar-refractivity contribution in [2.24, 2.45) is 0 Å². The van der Waals surface area contributed by atoms with Crippen molar-refractivity contribution in [3.8, 4) is 0 Å². The number of urea groups is 1. The monoisotopic (exact) mass is 281 g/mol. The first kappa shape index (κ1) is 13.4. The van der Waals surface area contributed by atoms with Gasteiger partial charge in [-0.15, -0.1) is 11.3 Å². The number of amides is 2. The number of carbonyl (C=O) groups excluding carboxylic acids is 1. The van der Waals surface area contributed by atoms with Crippen LogP contribution in [0.25, 0.3) is 0 Å². The second kappa shape index (κ2) is 6.26. The molecule has 0 aliphatic carbocycles. The highest BCUT2D eigenvalue weighted by Gasteiger charge is 2.10. The predicted molar refractivity (Wildman–Crippen MR) is 70.5 cm³/mol. The molecule has 0 aliphatic rings. The maximum Gasteiger partial charge on any atom is 0.321 e. The molecular formula is C12H12FN3O2S. The van der Waals surface area contributed by atoms with Crippen LogP contribution in [0.2, 0.25) is 0 Å². The molecule has 100 valence electrons. The summed E-state index contributed by atoms with van der Waals surface area (Å²) in [4.78, 5) is 15.4. The first-order valence-corrected chi connectivity index (χ1v) is 6.41. The van der Waals surface area contributed by atoms with Gasteiger partial charge in [0.15, 0.2) is 5.13 Å². The van der Waals surface area contributed by atoms with E-state index in [-0.39, 0.29) is 12.4 Å². The van der Waals surface area contributed by atoms with Gasteiger partial charge < -0.3 is 10.4 Å². The summed E-state index contributed by atoms with van der Waals surface area (Å²) >= 11 is 1.30. The van der Waals surface area contributed by atoms with Crippen molar-refractivity contribution in [3.05, 3.63) is 47.2 Å². The number of aromatic nitrogens is 1. The van der Waals surface area contributed by atoms with E-state index in [0.717, 1.165) is 0 Å². The van der Waals surface area contributed by atoms with Crippen molar-refractivity contribution >= 4 is 22.5 Å². The Morgan fingerprint density at radius 3 is 2.79 bits per heavy atom. The first-order chi connectivity index (χ1) is 9.15. The largest absolute Gasteiger partial charge is 0.387 e. The SMILES string of the molecule is O=C(NC[C@@H](O)c1ccc(F)cc1)Nc1nccs1. The van der Waals surface area contributed by atoms with Crippen molar-refractivity contribution in [1.82, 2.24) is 10.3 Å². The summed E-state index contributed by atoms with van der Waals surface area (Å²) < 4.78 is 12.7. The van der Waals surface area contributed by atoms with Gasteiger partial charge >= 0.3 is 6.03 Å². The summed E-state index contributed by atoms with van der Waals surface area (Å²) in [5.74, 6) is -0.370. The first-order valence-electron chi connectivity index (χ1n) is 5.53. The number of carbonyl (C=O) groups is 1. The molecule has 0 spiro atoms. The predicted octanol–water partition coefficient (Wildman–Crippen LogP) is 2.14. The molecule has 1 heterocycles. The smallest absolute Gasteiger partial charge is 0.321 e. The third-order valence-corrected chi connectivity index (χ3v) is 3.05. The van der Waals surface area contributed by atoms with E-state index in [4.69, 9.17) is 0 Å². The lowest BCUT2D eigenvalue weighted by molar-refractivity contribution is 0.175. The molecule has 0 aliphatic heterocycles. The molecular weight excluding hydrogens is 269 g/mol. The van der Waals surface area contributed by atoms with E-state index in [1.165, 1.54) is 35.6 Å². The van der Waals surface area contributed by atoms with E-state index in [1.54, 1.807) is 11.6 Å². The topological polar surface area (TPSA) is 74.2 Å².